The first-order valence-electron chi connectivity index (χ1n) is 9.10. The zero-order valence-electron chi connectivity index (χ0n) is 15.6. The van der Waals surface area contributed by atoms with E-state index in [4.69, 9.17) is 0 Å². The number of anilines is 1. The van der Waals surface area contributed by atoms with Crippen LogP contribution in [0.15, 0.2) is 36.5 Å². The number of benzene rings is 2. The number of nitrogens with one attached hydrogen (secondary N) is 1. The van der Waals surface area contributed by atoms with Crippen molar-refractivity contribution in [1.82, 2.24) is 14.5 Å². The van der Waals surface area contributed by atoms with Gasteiger partial charge in [0.05, 0.1) is 23.7 Å². The van der Waals surface area contributed by atoms with Gasteiger partial charge in [-0.05, 0) is 31.0 Å². The molecule has 0 saturated carbocycles. The molecule has 3 aromatic rings. The molecule has 1 saturated heterocycles. The van der Waals surface area contributed by atoms with Gasteiger partial charge >= 0.3 is 0 Å². The summed E-state index contributed by atoms with van der Waals surface area (Å²) in [5.74, 6) is -3.21. The van der Waals surface area contributed by atoms with Crippen molar-refractivity contribution in [2.45, 2.75) is 18.9 Å². The lowest BCUT2D eigenvalue weighted by molar-refractivity contribution is 0.406. The van der Waals surface area contributed by atoms with Crippen LogP contribution in [0.1, 0.15) is 12.8 Å². The minimum absolute atomic E-state index is 0.0613. The van der Waals surface area contributed by atoms with Crippen LogP contribution in [0.5, 0.6) is 5.75 Å². The maximum Gasteiger partial charge on any atom is 0.208 e. The van der Waals surface area contributed by atoms with Gasteiger partial charge in [0.25, 0.3) is 0 Å². The molecule has 0 bridgehead atoms. The summed E-state index contributed by atoms with van der Waals surface area (Å²) in [6.07, 6.45) is 4.20. The fourth-order valence-corrected chi connectivity index (χ4v) is 4.51. The lowest BCUT2D eigenvalue weighted by Gasteiger charge is -2.33. The van der Waals surface area contributed by atoms with Gasteiger partial charge in [-0.3, -0.25) is 0 Å². The summed E-state index contributed by atoms with van der Waals surface area (Å²) in [6.45, 7) is 1.42. The molecule has 1 aliphatic heterocycles. The predicted molar refractivity (Wildman–Crippen MR) is 106 cm³/mol. The molecular formula is C19H20F2N4O3S. The van der Waals surface area contributed by atoms with Crippen molar-refractivity contribution in [2.75, 3.05) is 24.2 Å². The molecule has 10 heteroatoms. The van der Waals surface area contributed by atoms with Gasteiger partial charge in [-0.1, -0.05) is 0 Å². The number of rotatable bonds is 4. The van der Waals surface area contributed by atoms with E-state index < -0.39 is 27.4 Å². The first kappa shape index (κ1) is 19.6. The highest BCUT2D eigenvalue weighted by molar-refractivity contribution is 7.88. The number of aromatic nitrogens is 2. The van der Waals surface area contributed by atoms with Crippen LogP contribution in [0.2, 0.25) is 0 Å². The molecule has 1 aromatic heterocycles. The molecule has 1 aliphatic rings. The van der Waals surface area contributed by atoms with E-state index in [1.165, 1.54) is 4.68 Å². The molecule has 154 valence electrons. The van der Waals surface area contributed by atoms with Crippen molar-refractivity contribution < 1.29 is 22.3 Å². The van der Waals surface area contributed by atoms with Crippen LogP contribution in [0.25, 0.3) is 16.6 Å². The molecule has 2 heterocycles. The number of aromatic hydroxyl groups is 1. The van der Waals surface area contributed by atoms with E-state index in [9.17, 15) is 22.3 Å². The average molecular weight is 422 g/mol. The zero-order valence-corrected chi connectivity index (χ0v) is 16.5. The van der Waals surface area contributed by atoms with Crippen molar-refractivity contribution in [2.24, 2.45) is 0 Å². The normalized spacial score (nSPS) is 15.9. The minimum atomic E-state index is -3.21. The van der Waals surface area contributed by atoms with Gasteiger partial charge in [0.1, 0.15) is 0 Å². The molecule has 0 aliphatic carbocycles. The third kappa shape index (κ3) is 4.03. The third-order valence-corrected chi connectivity index (χ3v) is 5.79. The number of phenolic OH excluding ortho intramolecular Hbond substituents is 1. The molecule has 1 fully saturated rings. The highest BCUT2D eigenvalue weighted by Gasteiger charge is 2.22. The number of hydrogen-bond acceptors (Lipinski definition) is 5. The van der Waals surface area contributed by atoms with Crippen LogP contribution >= 0.6 is 0 Å². The monoisotopic (exact) mass is 422 g/mol. The topological polar surface area (TPSA) is 87.5 Å². The summed E-state index contributed by atoms with van der Waals surface area (Å²) < 4.78 is 53.8. The molecule has 0 atom stereocenters. The first-order chi connectivity index (χ1) is 13.7. The quantitative estimate of drug-likeness (QED) is 0.675. The lowest BCUT2D eigenvalue weighted by atomic mass is 10.1. The van der Waals surface area contributed by atoms with E-state index in [-0.39, 0.29) is 11.7 Å². The smallest absolute Gasteiger partial charge is 0.208 e. The fourth-order valence-electron chi connectivity index (χ4n) is 3.66. The molecule has 29 heavy (non-hydrogen) atoms. The van der Waals surface area contributed by atoms with Crippen molar-refractivity contribution in [3.05, 3.63) is 48.2 Å². The summed E-state index contributed by atoms with van der Waals surface area (Å²) in [5, 5.41) is 14.6. The maximum atomic E-state index is 13.6. The molecular weight excluding hydrogens is 402 g/mol. The van der Waals surface area contributed by atoms with E-state index in [2.05, 4.69) is 14.7 Å². The Kier molecular flexibility index (Phi) is 4.91. The van der Waals surface area contributed by atoms with E-state index in [0.29, 0.717) is 31.4 Å². The Morgan fingerprint density at radius 2 is 1.86 bits per heavy atom. The van der Waals surface area contributed by atoms with Crippen LogP contribution in [0.3, 0.4) is 0 Å². The Balaban J connectivity index is 1.56. The Labute approximate surface area is 166 Å². The summed E-state index contributed by atoms with van der Waals surface area (Å²) in [7, 11) is -3.21. The lowest BCUT2D eigenvalue weighted by Crippen LogP contribution is -2.44. The second kappa shape index (κ2) is 7.27. The van der Waals surface area contributed by atoms with Crippen molar-refractivity contribution in [3.63, 3.8) is 0 Å². The number of phenols is 1. The summed E-state index contributed by atoms with van der Waals surface area (Å²) in [5.41, 5.74) is 1.88. The molecule has 2 N–H and O–H groups in total. The van der Waals surface area contributed by atoms with Crippen molar-refractivity contribution in [1.29, 1.82) is 0 Å². The SMILES string of the molecule is CS(=O)(=O)NC1CCN(c2ccc3c(cnn3-c3cc(O)c(F)c(F)c3)c2)CC1. The molecule has 4 rings (SSSR count). The van der Waals surface area contributed by atoms with E-state index in [0.717, 1.165) is 29.5 Å². The molecule has 0 amide bonds. The molecule has 0 spiro atoms. The second-order valence-corrected chi connectivity index (χ2v) is 8.99. The molecule has 0 unspecified atom stereocenters. The second-order valence-electron chi connectivity index (χ2n) is 7.21. The van der Waals surface area contributed by atoms with E-state index >= 15 is 0 Å². The maximum absolute atomic E-state index is 13.6. The van der Waals surface area contributed by atoms with Gasteiger partial charge in [-0.15, -0.1) is 0 Å². The number of nitrogens with zero attached hydrogens (tertiary/aromatic N) is 3. The van der Waals surface area contributed by atoms with E-state index in [1.807, 2.05) is 18.2 Å². The molecule has 7 nitrogen and oxygen atoms in total. The van der Waals surface area contributed by atoms with Crippen LogP contribution < -0.4 is 9.62 Å². The van der Waals surface area contributed by atoms with Gasteiger partial charge in [0.15, 0.2) is 17.4 Å². The average Bonchev–Trinajstić information content (AvgIpc) is 3.08. The summed E-state index contributed by atoms with van der Waals surface area (Å²) in [4.78, 5) is 2.17. The highest BCUT2D eigenvalue weighted by atomic mass is 32.2. The standard InChI is InChI=1S/C19H20F2N4O3S/c1-29(27,28)23-13-4-6-24(7-5-13)14-2-3-17-12(8-14)11-22-25(17)15-9-16(20)19(21)18(26)10-15/h2-3,8-11,13,23,26H,4-7H2,1H3. The Bertz CT molecular complexity index is 1150. The number of sulfonamides is 1. The van der Waals surface area contributed by atoms with Gasteiger partial charge in [-0.25, -0.2) is 22.2 Å². The minimum Gasteiger partial charge on any atom is -0.505 e. The zero-order chi connectivity index (χ0) is 20.8. The Morgan fingerprint density at radius 1 is 1.14 bits per heavy atom. The van der Waals surface area contributed by atoms with E-state index in [1.54, 1.807) is 6.20 Å². The Morgan fingerprint density at radius 3 is 2.52 bits per heavy atom. The van der Waals surface area contributed by atoms with Crippen LogP contribution in [0, 0.1) is 11.6 Å². The Hall–Kier alpha value is -2.72. The number of fused-ring (bicyclic) bond motifs is 1. The largest absolute Gasteiger partial charge is 0.505 e. The molecule has 0 radical (unpaired) electrons. The number of hydrogen-bond donors (Lipinski definition) is 2. The van der Waals surface area contributed by atoms with Gasteiger partial charge in [0, 0.05) is 42.3 Å². The molecule has 2 aromatic carbocycles. The number of piperidine rings is 1. The predicted octanol–water partition coefficient (Wildman–Crippen LogP) is 2.53. The number of halogens is 2. The van der Waals surface area contributed by atoms with Gasteiger partial charge in [0.2, 0.25) is 10.0 Å². The first-order valence-corrected chi connectivity index (χ1v) is 11.0. The van der Waals surface area contributed by atoms with Crippen LogP contribution in [-0.2, 0) is 10.0 Å². The van der Waals surface area contributed by atoms with Gasteiger partial charge in [-0.2, -0.15) is 9.49 Å². The highest BCUT2D eigenvalue weighted by Crippen LogP contribution is 2.28. The van der Waals surface area contributed by atoms with Crippen molar-refractivity contribution in [3.8, 4) is 11.4 Å². The van der Waals surface area contributed by atoms with Crippen molar-refractivity contribution >= 4 is 26.6 Å². The van der Waals surface area contributed by atoms with Crippen LogP contribution in [-0.4, -0.2) is 48.7 Å². The fraction of sp³-hybridized carbons (Fsp3) is 0.316. The van der Waals surface area contributed by atoms with Crippen LogP contribution in [0.4, 0.5) is 14.5 Å². The van der Waals surface area contributed by atoms with Gasteiger partial charge < -0.3 is 10.0 Å². The summed E-state index contributed by atoms with van der Waals surface area (Å²) in [6, 6.07) is 7.73. The summed E-state index contributed by atoms with van der Waals surface area (Å²) >= 11 is 0. The third-order valence-electron chi connectivity index (χ3n) is 5.03.